The maximum Gasteiger partial charge on any atom is 0.254 e. The molecule has 1 fully saturated rings. The van der Waals surface area contributed by atoms with Crippen molar-refractivity contribution in [1.82, 2.24) is 14.8 Å². The first kappa shape index (κ1) is 23.6. The summed E-state index contributed by atoms with van der Waals surface area (Å²) in [5.41, 5.74) is 3.70. The second-order valence-electron chi connectivity index (χ2n) is 9.39. The zero-order chi connectivity index (χ0) is 24.2. The topological polar surface area (TPSA) is 36.4 Å². The maximum atomic E-state index is 14.6. The van der Waals surface area contributed by atoms with E-state index in [1.165, 1.54) is 28.4 Å². The first-order valence-corrected chi connectivity index (χ1v) is 13.1. The molecule has 6 heteroatoms. The number of benzene rings is 2. The van der Waals surface area contributed by atoms with Crippen molar-refractivity contribution in [2.75, 3.05) is 20.1 Å². The van der Waals surface area contributed by atoms with E-state index in [4.69, 9.17) is 0 Å². The molecule has 1 saturated heterocycles. The number of hydrogen-bond acceptors (Lipinski definition) is 4. The second kappa shape index (κ2) is 10.7. The Labute approximate surface area is 210 Å². The third kappa shape index (κ3) is 5.29. The van der Waals surface area contributed by atoms with Crippen molar-refractivity contribution in [1.29, 1.82) is 0 Å². The average molecular weight is 488 g/mol. The molecule has 3 heterocycles. The Morgan fingerprint density at radius 3 is 2.63 bits per heavy atom. The fraction of sp³-hybridized carbons (Fsp3) is 0.310. The normalized spacial score (nSPS) is 15.8. The van der Waals surface area contributed by atoms with Gasteiger partial charge < -0.3 is 4.90 Å². The van der Waals surface area contributed by atoms with Crippen molar-refractivity contribution in [2.45, 2.75) is 31.8 Å². The summed E-state index contributed by atoms with van der Waals surface area (Å²) in [5, 5.41) is 5.02. The summed E-state index contributed by atoms with van der Waals surface area (Å²) in [6, 6.07) is 19.1. The van der Waals surface area contributed by atoms with E-state index in [0.717, 1.165) is 38.0 Å². The summed E-state index contributed by atoms with van der Waals surface area (Å²) < 4.78 is 14.6. The fourth-order valence-corrected chi connectivity index (χ4v) is 5.91. The molecular weight excluding hydrogens is 457 g/mol. The number of thiophene rings is 1. The van der Waals surface area contributed by atoms with Gasteiger partial charge in [-0.2, -0.15) is 11.3 Å². The Morgan fingerprint density at radius 2 is 1.86 bits per heavy atom. The molecule has 0 bridgehead atoms. The van der Waals surface area contributed by atoms with Crippen LogP contribution in [0.4, 0.5) is 4.39 Å². The van der Waals surface area contributed by atoms with Gasteiger partial charge in [-0.15, -0.1) is 0 Å². The molecule has 4 aromatic rings. The van der Waals surface area contributed by atoms with Crippen LogP contribution in [0.25, 0.3) is 10.9 Å². The second-order valence-corrected chi connectivity index (χ2v) is 10.2. The average Bonchev–Trinajstić information content (AvgIpc) is 3.43. The van der Waals surface area contributed by atoms with Gasteiger partial charge in [0.2, 0.25) is 0 Å². The van der Waals surface area contributed by atoms with Gasteiger partial charge in [-0.1, -0.05) is 36.4 Å². The zero-order valence-electron chi connectivity index (χ0n) is 19.9. The summed E-state index contributed by atoms with van der Waals surface area (Å²) in [7, 11) is 1.88. The molecule has 5 rings (SSSR count). The van der Waals surface area contributed by atoms with Crippen molar-refractivity contribution < 1.29 is 9.18 Å². The number of likely N-dealkylation sites (tertiary alicyclic amines) is 1. The molecule has 0 radical (unpaired) electrons. The third-order valence-corrected chi connectivity index (χ3v) is 7.97. The number of halogens is 1. The van der Waals surface area contributed by atoms with Crippen molar-refractivity contribution >= 4 is 28.1 Å². The van der Waals surface area contributed by atoms with Crippen LogP contribution in [0.15, 0.2) is 77.6 Å². The Bertz CT molecular complexity index is 1280. The van der Waals surface area contributed by atoms with Gasteiger partial charge in [-0.25, -0.2) is 4.39 Å². The molecule has 180 valence electrons. The lowest BCUT2D eigenvalue weighted by Crippen LogP contribution is -2.47. The number of aromatic nitrogens is 1. The van der Waals surface area contributed by atoms with Crippen molar-refractivity contribution in [3.63, 3.8) is 0 Å². The highest BCUT2D eigenvalue weighted by Gasteiger charge is 2.32. The fourth-order valence-electron chi connectivity index (χ4n) is 5.28. The smallest absolute Gasteiger partial charge is 0.254 e. The first-order chi connectivity index (χ1) is 17.1. The Balaban J connectivity index is 1.31. The quantitative estimate of drug-likeness (QED) is 0.319. The number of carbonyl (C=O) groups is 1. The Hall–Kier alpha value is -3.09. The van der Waals surface area contributed by atoms with Gasteiger partial charge in [0.05, 0.1) is 11.1 Å². The molecule has 0 spiro atoms. The van der Waals surface area contributed by atoms with Crippen LogP contribution in [0, 0.1) is 11.7 Å². The van der Waals surface area contributed by atoms with Gasteiger partial charge in [0.25, 0.3) is 5.91 Å². The van der Waals surface area contributed by atoms with Gasteiger partial charge in [0.1, 0.15) is 5.82 Å². The van der Waals surface area contributed by atoms with E-state index in [2.05, 4.69) is 34.1 Å². The first-order valence-electron chi connectivity index (χ1n) is 12.2. The summed E-state index contributed by atoms with van der Waals surface area (Å²) >= 11 is 1.52. The van der Waals surface area contributed by atoms with E-state index in [9.17, 15) is 9.18 Å². The summed E-state index contributed by atoms with van der Waals surface area (Å²) in [5.74, 6) is 0.127. The number of hydrogen-bond donors (Lipinski definition) is 0. The number of nitrogens with zero attached hydrogens (tertiary/aromatic N) is 3. The summed E-state index contributed by atoms with van der Waals surface area (Å²) in [4.78, 5) is 22.0. The predicted molar refractivity (Wildman–Crippen MR) is 140 cm³/mol. The largest absolute Gasteiger partial charge is 0.338 e. The van der Waals surface area contributed by atoms with Gasteiger partial charge in [0.15, 0.2) is 0 Å². The number of amides is 1. The minimum atomic E-state index is -0.198. The van der Waals surface area contributed by atoms with Crippen molar-refractivity contribution in [2.24, 2.45) is 5.92 Å². The van der Waals surface area contributed by atoms with Crippen LogP contribution < -0.4 is 0 Å². The van der Waals surface area contributed by atoms with Gasteiger partial charge in [-0.3, -0.25) is 14.7 Å². The number of rotatable bonds is 7. The van der Waals surface area contributed by atoms with E-state index < -0.39 is 0 Å². The van der Waals surface area contributed by atoms with Crippen molar-refractivity contribution in [3.8, 4) is 0 Å². The molecule has 1 amide bonds. The number of likely N-dealkylation sites (N-methyl/N-ethyl adjacent to an activating group) is 1. The number of carbonyl (C=O) groups excluding carboxylic acids is 1. The van der Waals surface area contributed by atoms with Crippen LogP contribution >= 0.6 is 11.3 Å². The monoisotopic (exact) mass is 487 g/mol. The SMILES string of the molecule is CN(C(=O)c1ccsc1)[C@H](Cc1ccccc1F)C1CCN(Cc2ccnc3ccccc23)CC1. The lowest BCUT2D eigenvalue weighted by atomic mass is 9.84. The van der Waals surface area contributed by atoms with Crippen LogP contribution in [-0.2, 0) is 13.0 Å². The van der Waals surface area contributed by atoms with Gasteiger partial charge in [-0.05, 0) is 79.0 Å². The zero-order valence-corrected chi connectivity index (χ0v) is 20.8. The molecule has 0 aliphatic carbocycles. The van der Waals surface area contributed by atoms with E-state index in [-0.39, 0.29) is 17.8 Å². The number of piperidine rings is 1. The molecule has 1 aliphatic heterocycles. The summed E-state index contributed by atoms with van der Waals surface area (Å²) in [6.45, 7) is 2.79. The molecular formula is C29H30FN3OS. The van der Waals surface area contributed by atoms with Crippen LogP contribution in [0.1, 0.15) is 34.3 Å². The predicted octanol–water partition coefficient (Wildman–Crippen LogP) is 6.03. The molecule has 1 atom stereocenters. The van der Waals surface area contributed by atoms with Crippen LogP contribution in [0.3, 0.4) is 0 Å². The molecule has 0 unspecified atom stereocenters. The van der Waals surface area contributed by atoms with Crippen molar-refractivity contribution in [3.05, 3.63) is 100 Å². The number of para-hydroxylation sites is 1. The van der Waals surface area contributed by atoms with E-state index in [1.54, 1.807) is 6.07 Å². The number of fused-ring (bicyclic) bond motifs is 1. The Kier molecular flexibility index (Phi) is 7.21. The summed E-state index contributed by atoms with van der Waals surface area (Å²) in [6.07, 6.45) is 4.37. The molecule has 4 nitrogen and oxygen atoms in total. The van der Waals surface area contributed by atoms with E-state index in [1.807, 2.05) is 53.2 Å². The van der Waals surface area contributed by atoms with Gasteiger partial charge >= 0.3 is 0 Å². The minimum absolute atomic E-state index is 0.0123. The number of pyridine rings is 1. The lowest BCUT2D eigenvalue weighted by molar-refractivity contribution is 0.0584. The van der Waals surface area contributed by atoms with E-state index in [0.29, 0.717) is 23.5 Å². The highest BCUT2D eigenvalue weighted by Crippen LogP contribution is 2.29. The maximum absolute atomic E-state index is 14.6. The standard InChI is InChI=1S/C29H30FN3OS/c1-32(29(34)24-13-17-35-20-24)28(18-22-6-2-4-8-26(22)30)21-11-15-33(16-12-21)19-23-10-14-31-27-9-5-3-7-25(23)27/h2-10,13-14,17,20-21,28H,11-12,15-16,18-19H2,1H3/t28-/m1/s1. The molecule has 35 heavy (non-hydrogen) atoms. The molecule has 0 saturated carbocycles. The Morgan fingerprint density at radius 1 is 1.09 bits per heavy atom. The molecule has 1 aliphatic rings. The third-order valence-electron chi connectivity index (χ3n) is 7.28. The van der Waals surface area contributed by atoms with E-state index >= 15 is 0 Å². The highest BCUT2D eigenvalue weighted by molar-refractivity contribution is 7.08. The lowest BCUT2D eigenvalue weighted by Gasteiger charge is -2.40. The van der Waals surface area contributed by atoms with Crippen LogP contribution in [0.2, 0.25) is 0 Å². The molecule has 0 N–H and O–H groups in total. The van der Waals surface area contributed by atoms with Gasteiger partial charge in [0, 0.05) is 36.6 Å². The van der Waals surface area contributed by atoms with Crippen LogP contribution in [0.5, 0.6) is 0 Å². The highest BCUT2D eigenvalue weighted by atomic mass is 32.1. The molecule has 2 aromatic heterocycles. The van der Waals surface area contributed by atoms with Crippen LogP contribution in [-0.4, -0.2) is 46.9 Å². The molecule has 2 aromatic carbocycles. The minimum Gasteiger partial charge on any atom is -0.338 e.